The number of methoxy groups -OCH3 is 1. The van der Waals surface area contributed by atoms with Crippen molar-refractivity contribution < 1.29 is 14.3 Å². The van der Waals surface area contributed by atoms with Crippen LogP contribution in [-0.2, 0) is 11.2 Å². The Balaban J connectivity index is 1.78. The zero-order valence-electron chi connectivity index (χ0n) is 17.1. The minimum atomic E-state index is -0.416. The summed E-state index contributed by atoms with van der Waals surface area (Å²) in [6.07, 6.45) is 2.67. The number of anilines is 2. The van der Waals surface area contributed by atoms with Crippen molar-refractivity contribution in [2.24, 2.45) is 5.92 Å². The van der Waals surface area contributed by atoms with Crippen molar-refractivity contribution in [3.8, 4) is 0 Å². The molecule has 1 saturated heterocycles. The summed E-state index contributed by atoms with van der Waals surface area (Å²) < 4.78 is 4.89. The lowest BCUT2D eigenvalue weighted by molar-refractivity contribution is 0.0599. The summed E-state index contributed by atoms with van der Waals surface area (Å²) in [7, 11) is 1.35. The number of nitrogens with zero attached hydrogens (tertiary/aromatic N) is 1. The largest absolute Gasteiger partial charge is 0.465 e. The molecule has 1 unspecified atom stereocenters. The molecule has 0 bridgehead atoms. The van der Waals surface area contributed by atoms with E-state index in [2.05, 4.69) is 22.1 Å². The van der Waals surface area contributed by atoms with Gasteiger partial charge in [0.1, 0.15) is 5.69 Å². The quantitative estimate of drug-likeness (QED) is 0.735. The third-order valence-electron chi connectivity index (χ3n) is 5.32. The van der Waals surface area contributed by atoms with Gasteiger partial charge in [-0.15, -0.1) is 0 Å². The topological polar surface area (TPSA) is 74.4 Å². The average molecular weight is 383 g/mol. The molecule has 0 spiro atoms. The van der Waals surface area contributed by atoms with Crippen LogP contribution in [0.15, 0.2) is 24.3 Å². The fourth-order valence-electron chi connectivity index (χ4n) is 3.87. The molecule has 1 fully saturated rings. The molecule has 1 atom stereocenters. The van der Waals surface area contributed by atoms with Gasteiger partial charge in [0.05, 0.1) is 12.7 Å². The van der Waals surface area contributed by atoms with Gasteiger partial charge in [0.25, 0.3) is 5.91 Å². The van der Waals surface area contributed by atoms with Crippen molar-refractivity contribution in [2.75, 3.05) is 30.4 Å². The molecule has 2 aromatic rings. The first-order valence-electron chi connectivity index (χ1n) is 9.90. The van der Waals surface area contributed by atoms with Crippen molar-refractivity contribution >= 4 is 23.3 Å². The van der Waals surface area contributed by atoms with Crippen molar-refractivity contribution in [1.82, 2.24) is 4.98 Å². The maximum absolute atomic E-state index is 12.9. The molecule has 6 heteroatoms. The molecule has 28 heavy (non-hydrogen) atoms. The number of carbonyl (C=O) groups is 2. The number of aryl methyl sites for hydroxylation is 1. The summed E-state index contributed by atoms with van der Waals surface area (Å²) in [6, 6.07) is 7.93. The lowest BCUT2D eigenvalue weighted by atomic mass is 10.0. The van der Waals surface area contributed by atoms with Crippen LogP contribution < -0.4 is 10.2 Å². The molecule has 3 rings (SSSR count). The summed E-state index contributed by atoms with van der Waals surface area (Å²) in [5.41, 5.74) is 4.17. The molecule has 1 aliphatic heterocycles. The monoisotopic (exact) mass is 383 g/mol. The summed E-state index contributed by atoms with van der Waals surface area (Å²) >= 11 is 0. The van der Waals surface area contributed by atoms with Crippen molar-refractivity contribution in [2.45, 2.75) is 40.0 Å². The van der Waals surface area contributed by atoms with E-state index < -0.39 is 5.97 Å². The van der Waals surface area contributed by atoms with Gasteiger partial charge in [-0.05, 0) is 55.5 Å². The van der Waals surface area contributed by atoms with E-state index in [0.29, 0.717) is 28.9 Å². The number of esters is 1. The first kappa shape index (κ1) is 20.0. The second kappa shape index (κ2) is 8.50. The Labute approximate surface area is 166 Å². The van der Waals surface area contributed by atoms with Gasteiger partial charge in [0.2, 0.25) is 0 Å². The summed E-state index contributed by atoms with van der Waals surface area (Å²) in [5.74, 6) is 0.0567. The van der Waals surface area contributed by atoms with Gasteiger partial charge in [0, 0.05) is 30.2 Å². The number of nitrogens with one attached hydrogen (secondary N) is 2. The highest BCUT2D eigenvalue weighted by Crippen LogP contribution is 2.26. The molecule has 6 nitrogen and oxygen atoms in total. The number of amides is 1. The molecule has 1 aromatic carbocycles. The molecule has 150 valence electrons. The van der Waals surface area contributed by atoms with Crippen molar-refractivity contribution in [3.63, 3.8) is 0 Å². The number of rotatable bonds is 6. The molecule has 0 aliphatic carbocycles. The molecule has 0 radical (unpaired) electrons. The van der Waals surface area contributed by atoms with Gasteiger partial charge in [-0.25, -0.2) is 4.79 Å². The van der Waals surface area contributed by atoms with Crippen LogP contribution in [0.25, 0.3) is 0 Å². The Morgan fingerprint density at radius 3 is 2.57 bits per heavy atom. The second-order valence-corrected chi connectivity index (χ2v) is 7.56. The van der Waals surface area contributed by atoms with Crippen LogP contribution in [0, 0.1) is 12.8 Å². The fourth-order valence-corrected chi connectivity index (χ4v) is 3.87. The number of H-pyrrole nitrogens is 1. The summed E-state index contributed by atoms with van der Waals surface area (Å²) in [4.78, 5) is 30.4. The number of aromatic nitrogens is 1. The standard InChI is InChI=1S/C22H29N3O3/c1-5-6-18-19(22(27)28-4)15(3)23-20(18)21(26)24-16-7-9-17(10-8-16)25-12-11-14(2)13-25/h7-10,14,23H,5-6,11-13H2,1-4H3,(H,24,26). The Morgan fingerprint density at radius 1 is 1.29 bits per heavy atom. The number of benzene rings is 1. The Kier molecular flexibility index (Phi) is 6.07. The third kappa shape index (κ3) is 4.06. The van der Waals surface area contributed by atoms with E-state index in [0.717, 1.165) is 31.1 Å². The molecular formula is C22H29N3O3. The number of hydrogen-bond donors (Lipinski definition) is 2. The van der Waals surface area contributed by atoms with Crippen LogP contribution in [0.5, 0.6) is 0 Å². The third-order valence-corrected chi connectivity index (χ3v) is 5.32. The van der Waals surface area contributed by atoms with Gasteiger partial charge >= 0.3 is 5.97 Å². The highest BCUT2D eigenvalue weighted by atomic mass is 16.5. The number of carbonyl (C=O) groups excluding carboxylic acids is 2. The Hall–Kier alpha value is -2.76. The number of ether oxygens (including phenoxy) is 1. The predicted molar refractivity (Wildman–Crippen MR) is 111 cm³/mol. The van der Waals surface area contributed by atoms with Gasteiger partial charge < -0.3 is 19.9 Å². The molecular weight excluding hydrogens is 354 g/mol. The lowest BCUT2D eigenvalue weighted by Gasteiger charge is -2.18. The Bertz CT molecular complexity index is 855. The van der Waals surface area contributed by atoms with Gasteiger partial charge in [-0.3, -0.25) is 4.79 Å². The van der Waals surface area contributed by atoms with Gasteiger partial charge in [-0.1, -0.05) is 20.3 Å². The maximum atomic E-state index is 12.9. The molecule has 0 saturated carbocycles. The molecule has 2 N–H and O–H groups in total. The molecule has 1 aromatic heterocycles. The molecule has 2 heterocycles. The van der Waals surface area contributed by atoms with Crippen molar-refractivity contribution in [1.29, 1.82) is 0 Å². The Morgan fingerprint density at radius 2 is 2.00 bits per heavy atom. The van der Waals surface area contributed by atoms with Crippen LogP contribution in [0.2, 0.25) is 0 Å². The van der Waals surface area contributed by atoms with Crippen molar-refractivity contribution in [3.05, 3.63) is 46.8 Å². The second-order valence-electron chi connectivity index (χ2n) is 7.56. The lowest BCUT2D eigenvalue weighted by Crippen LogP contribution is -2.19. The zero-order valence-corrected chi connectivity index (χ0v) is 17.1. The number of hydrogen-bond acceptors (Lipinski definition) is 4. The number of aromatic amines is 1. The van der Waals surface area contributed by atoms with Crippen LogP contribution in [0.4, 0.5) is 11.4 Å². The fraction of sp³-hybridized carbons (Fsp3) is 0.455. The predicted octanol–water partition coefficient (Wildman–Crippen LogP) is 4.16. The minimum absolute atomic E-state index is 0.246. The van der Waals surface area contributed by atoms with E-state index in [1.165, 1.54) is 19.2 Å². The van der Waals surface area contributed by atoms with Crippen LogP contribution in [0.1, 0.15) is 58.8 Å². The van der Waals surface area contributed by atoms with E-state index in [9.17, 15) is 9.59 Å². The van der Waals surface area contributed by atoms with Crippen LogP contribution in [-0.4, -0.2) is 37.1 Å². The average Bonchev–Trinajstić information content (AvgIpc) is 3.25. The normalized spacial score (nSPS) is 16.3. The molecule has 1 aliphatic rings. The van der Waals surface area contributed by atoms with E-state index in [1.54, 1.807) is 6.92 Å². The van der Waals surface area contributed by atoms with E-state index >= 15 is 0 Å². The zero-order chi connectivity index (χ0) is 20.3. The van der Waals surface area contributed by atoms with E-state index in [1.807, 2.05) is 31.2 Å². The maximum Gasteiger partial charge on any atom is 0.339 e. The van der Waals surface area contributed by atoms with E-state index in [4.69, 9.17) is 4.74 Å². The van der Waals surface area contributed by atoms with Gasteiger partial charge in [-0.2, -0.15) is 0 Å². The highest BCUT2D eigenvalue weighted by Gasteiger charge is 2.25. The van der Waals surface area contributed by atoms with E-state index in [-0.39, 0.29) is 5.91 Å². The van der Waals surface area contributed by atoms with Gasteiger partial charge in [0.15, 0.2) is 0 Å². The minimum Gasteiger partial charge on any atom is -0.465 e. The SMILES string of the molecule is CCCc1c(C(=O)Nc2ccc(N3CCC(C)C3)cc2)[nH]c(C)c1C(=O)OC. The first-order chi connectivity index (χ1) is 13.4. The first-order valence-corrected chi connectivity index (χ1v) is 9.90. The van der Waals surface area contributed by atoms with Crippen LogP contribution in [0.3, 0.4) is 0 Å². The summed E-state index contributed by atoms with van der Waals surface area (Å²) in [5, 5.41) is 2.94. The highest BCUT2D eigenvalue weighted by molar-refractivity contribution is 6.07. The van der Waals surface area contributed by atoms with Crippen LogP contribution >= 0.6 is 0 Å². The smallest absolute Gasteiger partial charge is 0.339 e. The molecule has 1 amide bonds. The summed E-state index contributed by atoms with van der Waals surface area (Å²) in [6.45, 7) is 8.22.